The standard InChI is InChI=1S/C17H16Cl2OS2/c1-21-13-7-3-11(4-8-13)15(18)17(20)16(19)12-5-9-14(22-2)10-6-12/h3-10,15-16H,1-2H3. The number of thioether (sulfide) groups is 2. The van der Waals surface area contributed by atoms with Gasteiger partial charge in [-0.05, 0) is 47.9 Å². The first-order chi connectivity index (χ1) is 10.6. The highest BCUT2D eigenvalue weighted by Crippen LogP contribution is 2.33. The summed E-state index contributed by atoms with van der Waals surface area (Å²) in [5, 5.41) is -1.47. The maximum Gasteiger partial charge on any atom is 0.177 e. The molecule has 2 aromatic carbocycles. The van der Waals surface area contributed by atoms with Gasteiger partial charge in [-0.15, -0.1) is 46.7 Å². The molecular weight excluding hydrogens is 355 g/mol. The van der Waals surface area contributed by atoms with Gasteiger partial charge in [-0.1, -0.05) is 24.3 Å². The Labute approximate surface area is 149 Å². The Balaban J connectivity index is 2.13. The molecule has 2 atom stereocenters. The number of Topliss-reactive ketones (excluding diaryl/α,β-unsaturated/α-hetero) is 1. The van der Waals surface area contributed by atoms with E-state index in [1.54, 1.807) is 23.5 Å². The Morgan fingerprint density at radius 2 is 1.09 bits per heavy atom. The number of ketones is 1. The molecule has 0 aliphatic rings. The first kappa shape index (κ1) is 17.7. The number of carbonyl (C=O) groups is 1. The van der Waals surface area contributed by atoms with Crippen molar-refractivity contribution in [3.8, 4) is 0 Å². The molecule has 0 aromatic heterocycles. The minimum Gasteiger partial charge on any atom is -0.296 e. The van der Waals surface area contributed by atoms with Crippen molar-refractivity contribution in [2.75, 3.05) is 12.5 Å². The summed E-state index contributed by atoms with van der Waals surface area (Å²) in [5.74, 6) is -0.197. The highest BCUT2D eigenvalue weighted by molar-refractivity contribution is 7.98. The monoisotopic (exact) mass is 370 g/mol. The minimum absolute atomic E-state index is 0.197. The van der Waals surface area contributed by atoms with Crippen molar-refractivity contribution in [1.29, 1.82) is 0 Å². The zero-order valence-corrected chi connectivity index (χ0v) is 15.4. The average molecular weight is 371 g/mol. The Bertz CT molecular complexity index is 571. The molecule has 0 aliphatic carbocycles. The molecule has 0 N–H and O–H groups in total. The van der Waals surface area contributed by atoms with E-state index in [-0.39, 0.29) is 5.78 Å². The molecule has 116 valence electrons. The maximum absolute atomic E-state index is 12.5. The second-order valence-electron chi connectivity index (χ2n) is 4.67. The lowest BCUT2D eigenvalue weighted by molar-refractivity contribution is -0.118. The maximum atomic E-state index is 12.5. The third-order valence-corrected chi connectivity index (χ3v) is 5.74. The van der Waals surface area contributed by atoms with E-state index < -0.39 is 10.8 Å². The fourth-order valence-electron chi connectivity index (χ4n) is 2.00. The number of benzene rings is 2. The number of carbonyl (C=O) groups excluding carboxylic acids is 1. The number of hydrogen-bond donors (Lipinski definition) is 0. The van der Waals surface area contributed by atoms with Crippen LogP contribution in [-0.4, -0.2) is 18.3 Å². The first-order valence-corrected chi connectivity index (χ1v) is 9.99. The van der Waals surface area contributed by atoms with E-state index in [0.717, 1.165) is 20.9 Å². The van der Waals surface area contributed by atoms with Crippen LogP contribution in [0.15, 0.2) is 58.3 Å². The van der Waals surface area contributed by atoms with E-state index >= 15 is 0 Å². The van der Waals surface area contributed by atoms with Crippen LogP contribution in [0.25, 0.3) is 0 Å². The van der Waals surface area contributed by atoms with Crippen LogP contribution >= 0.6 is 46.7 Å². The summed E-state index contributed by atoms with van der Waals surface area (Å²) in [4.78, 5) is 14.7. The molecular formula is C17H16Cl2OS2. The highest BCUT2D eigenvalue weighted by atomic mass is 35.5. The summed E-state index contributed by atoms with van der Waals surface area (Å²) in [5.41, 5.74) is 1.55. The molecule has 2 aromatic rings. The SMILES string of the molecule is CSc1ccc(C(Cl)C(=O)C(Cl)c2ccc(SC)cc2)cc1. The van der Waals surface area contributed by atoms with E-state index in [0.29, 0.717) is 0 Å². The lowest BCUT2D eigenvalue weighted by Gasteiger charge is -2.14. The van der Waals surface area contributed by atoms with Crippen LogP contribution in [0.3, 0.4) is 0 Å². The van der Waals surface area contributed by atoms with E-state index in [1.165, 1.54) is 0 Å². The summed E-state index contributed by atoms with van der Waals surface area (Å²) in [7, 11) is 0. The van der Waals surface area contributed by atoms with Gasteiger partial charge < -0.3 is 0 Å². The van der Waals surface area contributed by atoms with Crippen LogP contribution in [0, 0.1) is 0 Å². The predicted octanol–water partition coefficient (Wildman–Crippen LogP) is 5.96. The van der Waals surface area contributed by atoms with Crippen LogP contribution in [-0.2, 0) is 4.79 Å². The molecule has 0 fully saturated rings. The van der Waals surface area contributed by atoms with Crippen molar-refractivity contribution in [2.45, 2.75) is 20.5 Å². The molecule has 5 heteroatoms. The van der Waals surface area contributed by atoms with Crippen molar-refractivity contribution in [1.82, 2.24) is 0 Å². The second-order valence-corrected chi connectivity index (χ2v) is 7.31. The molecule has 2 rings (SSSR count). The first-order valence-electron chi connectivity index (χ1n) is 6.66. The number of hydrogen-bond acceptors (Lipinski definition) is 3. The van der Waals surface area contributed by atoms with Gasteiger partial charge in [0.1, 0.15) is 10.8 Å². The molecule has 0 amide bonds. The van der Waals surface area contributed by atoms with Crippen molar-refractivity contribution in [3.05, 3.63) is 59.7 Å². The number of alkyl halides is 2. The van der Waals surface area contributed by atoms with Crippen LogP contribution in [0.4, 0.5) is 0 Å². The Hall–Kier alpha value is -0.610. The van der Waals surface area contributed by atoms with Crippen LogP contribution in [0.1, 0.15) is 21.9 Å². The van der Waals surface area contributed by atoms with Gasteiger partial charge in [0.05, 0.1) is 0 Å². The van der Waals surface area contributed by atoms with Crippen molar-refractivity contribution in [2.24, 2.45) is 0 Å². The number of halogens is 2. The Morgan fingerprint density at radius 3 is 1.36 bits per heavy atom. The Kier molecular flexibility index (Phi) is 6.69. The zero-order valence-electron chi connectivity index (χ0n) is 12.3. The normalized spacial score (nSPS) is 13.6. The van der Waals surface area contributed by atoms with Gasteiger partial charge in [0.15, 0.2) is 5.78 Å². The van der Waals surface area contributed by atoms with Gasteiger partial charge >= 0.3 is 0 Å². The molecule has 22 heavy (non-hydrogen) atoms. The lowest BCUT2D eigenvalue weighted by Crippen LogP contribution is -2.13. The largest absolute Gasteiger partial charge is 0.296 e. The summed E-state index contributed by atoms with van der Waals surface area (Å²) < 4.78 is 0. The third kappa shape index (κ3) is 4.23. The van der Waals surface area contributed by atoms with Gasteiger partial charge in [0.25, 0.3) is 0 Å². The second kappa shape index (κ2) is 8.30. The average Bonchev–Trinajstić information content (AvgIpc) is 2.60. The van der Waals surface area contributed by atoms with E-state index in [9.17, 15) is 4.79 Å². The molecule has 0 aliphatic heterocycles. The van der Waals surface area contributed by atoms with Gasteiger partial charge in [-0.2, -0.15) is 0 Å². The van der Waals surface area contributed by atoms with Crippen LogP contribution in [0.2, 0.25) is 0 Å². The van der Waals surface area contributed by atoms with E-state index in [1.807, 2.05) is 61.0 Å². The van der Waals surface area contributed by atoms with Crippen LogP contribution < -0.4 is 0 Å². The fourth-order valence-corrected chi connectivity index (χ4v) is 3.43. The van der Waals surface area contributed by atoms with Crippen molar-refractivity contribution in [3.63, 3.8) is 0 Å². The molecule has 2 unspecified atom stereocenters. The summed E-state index contributed by atoms with van der Waals surface area (Å²) in [6.45, 7) is 0. The molecule has 0 saturated carbocycles. The van der Waals surface area contributed by atoms with Gasteiger partial charge in [-0.3, -0.25) is 4.79 Å². The molecule has 0 spiro atoms. The smallest absolute Gasteiger partial charge is 0.177 e. The quantitative estimate of drug-likeness (QED) is 0.461. The Morgan fingerprint density at radius 1 is 0.773 bits per heavy atom. The zero-order chi connectivity index (χ0) is 16.1. The van der Waals surface area contributed by atoms with Gasteiger partial charge in [0.2, 0.25) is 0 Å². The van der Waals surface area contributed by atoms with Crippen molar-refractivity contribution < 1.29 is 4.79 Å². The lowest BCUT2D eigenvalue weighted by atomic mass is 10.0. The molecule has 0 heterocycles. The fraction of sp³-hybridized carbons (Fsp3) is 0.235. The highest BCUT2D eigenvalue weighted by Gasteiger charge is 2.26. The van der Waals surface area contributed by atoms with Gasteiger partial charge in [-0.25, -0.2) is 0 Å². The molecule has 1 nitrogen and oxygen atoms in total. The van der Waals surface area contributed by atoms with Crippen LogP contribution in [0.5, 0.6) is 0 Å². The van der Waals surface area contributed by atoms with Gasteiger partial charge in [0, 0.05) is 9.79 Å². The molecule has 0 radical (unpaired) electrons. The third-order valence-electron chi connectivity index (χ3n) is 3.32. The summed E-state index contributed by atoms with van der Waals surface area (Å²) in [6, 6.07) is 15.3. The van der Waals surface area contributed by atoms with Crippen molar-refractivity contribution >= 4 is 52.5 Å². The van der Waals surface area contributed by atoms with E-state index in [2.05, 4.69) is 0 Å². The minimum atomic E-state index is -0.737. The molecule has 0 bridgehead atoms. The molecule has 0 saturated heterocycles. The number of rotatable bonds is 6. The predicted molar refractivity (Wildman–Crippen MR) is 98.6 cm³/mol. The topological polar surface area (TPSA) is 17.1 Å². The summed E-state index contributed by atoms with van der Waals surface area (Å²) >= 11 is 15.9. The van der Waals surface area contributed by atoms with E-state index in [4.69, 9.17) is 23.2 Å². The summed E-state index contributed by atoms with van der Waals surface area (Å²) in [6.07, 6.45) is 4.01.